The maximum atomic E-state index is 13.7. The third kappa shape index (κ3) is 3.91. The minimum atomic E-state index is -0.512. The van der Waals surface area contributed by atoms with Gasteiger partial charge in [-0.25, -0.2) is 4.39 Å². The number of benzene rings is 1. The first-order chi connectivity index (χ1) is 10.1. The van der Waals surface area contributed by atoms with Gasteiger partial charge in [0.1, 0.15) is 5.82 Å². The Morgan fingerprint density at radius 3 is 2.95 bits per heavy atom. The van der Waals surface area contributed by atoms with E-state index in [0.29, 0.717) is 6.54 Å². The van der Waals surface area contributed by atoms with E-state index in [9.17, 15) is 9.18 Å². The normalized spacial score (nSPS) is 9.86. The Labute approximate surface area is 127 Å². The molecule has 1 aromatic carbocycles. The third-order valence-corrected chi connectivity index (χ3v) is 3.77. The fourth-order valence-electron chi connectivity index (χ4n) is 1.80. The Morgan fingerprint density at radius 1 is 1.43 bits per heavy atom. The summed E-state index contributed by atoms with van der Waals surface area (Å²) in [6.07, 6.45) is 0. The summed E-state index contributed by atoms with van der Waals surface area (Å²) in [5.41, 5.74) is 7.01. The predicted octanol–water partition coefficient (Wildman–Crippen LogP) is 2.44. The van der Waals surface area contributed by atoms with E-state index in [2.05, 4.69) is 17.2 Å². The lowest BCUT2D eigenvalue weighted by Crippen LogP contribution is -2.23. The smallest absolute Gasteiger partial charge is 0.254 e. The molecule has 2 rings (SSSR count). The Balaban J connectivity index is 2.06. The van der Waals surface area contributed by atoms with Crippen molar-refractivity contribution in [3.05, 3.63) is 57.0 Å². The molecular weight excluding hydrogens is 287 g/mol. The SMILES string of the molecule is Cc1ccc(C(=O)NCc2sccc2C#CCN)c(F)c1. The highest BCUT2D eigenvalue weighted by Gasteiger charge is 2.12. The number of hydrogen-bond donors (Lipinski definition) is 2. The number of nitrogens with one attached hydrogen (secondary N) is 1. The number of thiophene rings is 1. The molecule has 0 bridgehead atoms. The van der Waals surface area contributed by atoms with Gasteiger partial charge in [0, 0.05) is 10.4 Å². The van der Waals surface area contributed by atoms with Crippen LogP contribution < -0.4 is 11.1 Å². The number of hydrogen-bond acceptors (Lipinski definition) is 3. The number of carbonyl (C=O) groups excluding carboxylic acids is 1. The Hall–Kier alpha value is -2.16. The molecule has 1 heterocycles. The molecule has 0 fully saturated rings. The molecule has 0 aliphatic heterocycles. The first-order valence-electron chi connectivity index (χ1n) is 6.41. The topological polar surface area (TPSA) is 55.1 Å². The molecule has 3 nitrogen and oxygen atoms in total. The Bertz CT molecular complexity index is 713. The lowest BCUT2D eigenvalue weighted by atomic mass is 10.1. The molecule has 1 aromatic heterocycles. The summed E-state index contributed by atoms with van der Waals surface area (Å²) in [7, 11) is 0. The molecule has 5 heteroatoms. The van der Waals surface area contributed by atoms with Crippen molar-refractivity contribution in [3.8, 4) is 11.8 Å². The molecule has 2 aromatic rings. The van der Waals surface area contributed by atoms with Gasteiger partial charge < -0.3 is 11.1 Å². The highest BCUT2D eigenvalue weighted by molar-refractivity contribution is 7.10. The van der Waals surface area contributed by atoms with Crippen LogP contribution in [0.4, 0.5) is 4.39 Å². The van der Waals surface area contributed by atoms with Gasteiger partial charge in [-0.15, -0.1) is 11.3 Å². The summed E-state index contributed by atoms with van der Waals surface area (Å²) in [6, 6.07) is 6.42. The number of aryl methyl sites for hydroxylation is 1. The second kappa shape index (κ2) is 7.02. The van der Waals surface area contributed by atoms with Gasteiger partial charge in [-0.2, -0.15) is 0 Å². The summed E-state index contributed by atoms with van der Waals surface area (Å²) >= 11 is 1.49. The van der Waals surface area contributed by atoms with Crippen molar-refractivity contribution in [2.45, 2.75) is 13.5 Å². The molecule has 0 spiro atoms. The van der Waals surface area contributed by atoms with E-state index in [0.717, 1.165) is 16.0 Å². The highest BCUT2D eigenvalue weighted by Crippen LogP contribution is 2.16. The van der Waals surface area contributed by atoms with Gasteiger partial charge in [-0.3, -0.25) is 4.79 Å². The maximum absolute atomic E-state index is 13.7. The summed E-state index contributed by atoms with van der Waals surface area (Å²) < 4.78 is 13.7. The Morgan fingerprint density at radius 2 is 2.24 bits per heavy atom. The van der Waals surface area contributed by atoms with E-state index >= 15 is 0 Å². The van der Waals surface area contributed by atoms with Gasteiger partial charge in [-0.1, -0.05) is 17.9 Å². The molecule has 0 aliphatic carbocycles. The molecule has 21 heavy (non-hydrogen) atoms. The number of rotatable bonds is 3. The van der Waals surface area contributed by atoms with Crippen molar-refractivity contribution in [2.75, 3.05) is 6.54 Å². The summed E-state index contributed by atoms with van der Waals surface area (Å²) in [6.45, 7) is 2.38. The lowest BCUT2D eigenvalue weighted by Gasteiger charge is -2.06. The molecule has 1 amide bonds. The van der Waals surface area contributed by atoms with E-state index in [1.165, 1.54) is 23.5 Å². The summed E-state index contributed by atoms with van der Waals surface area (Å²) in [4.78, 5) is 12.9. The van der Waals surface area contributed by atoms with Gasteiger partial charge in [0.15, 0.2) is 0 Å². The van der Waals surface area contributed by atoms with Gasteiger partial charge >= 0.3 is 0 Å². The average Bonchev–Trinajstić information content (AvgIpc) is 2.90. The predicted molar refractivity (Wildman–Crippen MR) is 82.6 cm³/mol. The van der Waals surface area contributed by atoms with Crippen molar-refractivity contribution in [1.29, 1.82) is 0 Å². The van der Waals surface area contributed by atoms with Crippen molar-refractivity contribution < 1.29 is 9.18 Å². The molecule has 0 radical (unpaired) electrons. The highest BCUT2D eigenvalue weighted by atomic mass is 32.1. The second-order valence-electron chi connectivity index (χ2n) is 4.43. The monoisotopic (exact) mass is 302 g/mol. The van der Waals surface area contributed by atoms with Crippen molar-refractivity contribution in [1.82, 2.24) is 5.32 Å². The van der Waals surface area contributed by atoms with E-state index in [4.69, 9.17) is 5.73 Å². The number of amides is 1. The van der Waals surface area contributed by atoms with Crippen LogP contribution in [0.15, 0.2) is 29.6 Å². The zero-order chi connectivity index (χ0) is 15.2. The molecule has 0 saturated heterocycles. The fourth-order valence-corrected chi connectivity index (χ4v) is 2.57. The van der Waals surface area contributed by atoms with Crippen LogP contribution in [0.3, 0.4) is 0 Å². The van der Waals surface area contributed by atoms with Crippen molar-refractivity contribution >= 4 is 17.2 Å². The lowest BCUT2D eigenvalue weighted by molar-refractivity contribution is 0.0947. The summed E-state index contributed by atoms with van der Waals surface area (Å²) in [5, 5.41) is 4.61. The standard InChI is InChI=1S/C16H15FN2OS/c1-11-4-5-13(14(17)9-11)16(20)19-10-15-12(3-2-7-18)6-8-21-15/h4-6,8-9H,7,10,18H2,1H3,(H,19,20). The third-order valence-electron chi connectivity index (χ3n) is 2.85. The second-order valence-corrected chi connectivity index (χ2v) is 5.43. The van der Waals surface area contributed by atoms with Crippen LogP contribution in [-0.2, 0) is 6.54 Å². The number of carbonyl (C=O) groups is 1. The van der Waals surface area contributed by atoms with E-state index < -0.39 is 11.7 Å². The minimum absolute atomic E-state index is 0.0479. The molecule has 0 unspecified atom stereocenters. The first kappa shape index (κ1) is 15.2. The van der Waals surface area contributed by atoms with Gasteiger partial charge in [-0.05, 0) is 36.1 Å². The largest absolute Gasteiger partial charge is 0.347 e. The molecule has 0 saturated carbocycles. The maximum Gasteiger partial charge on any atom is 0.254 e. The van der Waals surface area contributed by atoms with Crippen LogP contribution in [0.5, 0.6) is 0 Å². The van der Waals surface area contributed by atoms with Gasteiger partial charge in [0.05, 0.1) is 18.7 Å². The van der Waals surface area contributed by atoms with Crippen molar-refractivity contribution in [2.24, 2.45) is 5.73 Å². The van der Waals surface area contributed by atoms with Crippen LogP contribution in [-0.4, -0.2) is 12.5 Å². The van der Waals surface area contributed by atoms with E-state index in [1.54, 1.807) is 13.0 Å². The van der Waals surface area contributed by atoms with Crippen LogP contribution >= 0.6 is 11.3 Å². The average molecular weight is 302 g/mol. The van der Waals surface area contributed by atoms with Crippen LogP contribution in [0.1, 0.15) is 26.4 Å². The van der Waals surface area contributed by atoms with Crippen LogP contribution in [0.2, 0.25) is 0 Å². The molecular formula is C16H15FN2OS. The Kier molecular flexibility index (Phi) is 5.09. The number of nitrogens with two attached hydrogens (primary N) is 1. The first-order valence-corrected chi connectivity index (χ1v) is 7.29. The van der Waals surface area contributed by atoms with Crippen LogP contribution in [0, 0.1) is 24.6 Å². The zero-order valence-corrected chi connectivity index (χ0v) is 12.4. The number of halogens is 1. The molecule has 0 aliphatic rings. The zero-order valence-electron chi connectivity index (χ0n) is 11.6. The van der Waals surface area contributed by atoms with E-state index in [1.807, 2.05) is 11.4 Å². The fraction of sp³-hybridized carbons (Fsp3) is 0.188. The van der Waals surface area contributed by atoms with Crippen molar-refractivity contribution in [3.63, 3.8) is 0 Å². The summed E-state index contributed by atoms with van der Waals surface area (Å²) in [5.74, 6) is 4.78. The van der Waals surface area contributed by atoms with Crippen LogP contribution in [0.25, 0.3) is 0 Å². The van der Waals surface area contributed by atoms with Gasteiger partial charge in [0.25, 0.3) is 5.91 Å². The van der Waals surface area contributed by atoms with E-state index in [-0.39, 0.29) is 12.1 Å². The molecule has 3 N–H and O–H groups in total. The molecule has 108 valence electrons. The quantitative estimate of drug-likeness (QED) is 0.856. The van der Waals surface area contributed by atoms with Gasteiger partial charge in [0.2, 0.25) is 0 Å². The molecule has 0 atom stereocenters. The minimum Gasteiger partial charge on any atom is -0.347 e.